The minimum atomic E-state index is 0.609. The van der Waals surface area contributed by atoms with E-state index in [1.807, 2.05) is 19.9 Å². The Bertz CT molecular complexity index is 469. The van der Waals surface area contributed by atoms with E-state index in [1.54, 1.807) is 0 Å². The van der Waals surface area contributed by atoms with Gasteiger partial charge in [0.25, 0.3) is 0 Å². The number of pyridine rings is 1. The maximum absolute atomic E-state index is 9.35. The molecule has 0 atom stereocenters. The lowest BCUT2D eigenvalue weighted by atomic mass is 10.1. The molecule has 1 aliphatic rings. The third kappa shape index (κ3) is 2.64. The quantitative estimate of drug-likeness (QED) is 0.796. The molecule has 3 heteroatoms. The Morgan fingerprint density at radius 2 is 2.17 bits per heavy atom. The molecule has 0 saturated heterocycles. The molecule has 1 saturated carbocycles. The van der Waals surface area contributed by atoms with Gasteiger partial charge in [-0.05, 0) is 44.7 Å². The van der Waals surface area contributed by atoms with Crippen LogP contribution in [0.3, 0.4) is 0 Å². The van der Waals surface area contributed by atoms with Crippen molar-refractivity contribution in [2.75, 3.05) is 11.4 Å². The van der Waals surface area contributed by atoms with E-state index in [-0.39, 0.29) is 0 Å². The van der Waals surface area contributed by atoms with E-state index >= 15 is 0 Å². The van der Waals surface area contributed by atoms with Crippen molar-refractivity contribution in [1.82, 2.24) is 4.98 Å². The van der Waals surface area contributed by atoms with Crippen molar-refractivity contribution >= 4 is 5.82 Å². The number of nitriles is 1. The van der Waals surface area contributed by atoms with Crippen molar-refractivity contribution in [3.63, 3.8) is 0 Å². The van der Waals surface area contributed by atoms with E-state index in [2.05, 4.69) is 22.9 Å². The molecule has 0 bridgehead atoms. The van der Waals surface area contributed by atoms with Crippen LogP contribution >= 0.6 is 0 Å². The van der Waals surface area contributed by atoms with Gasteiger partial charge in [0.1, 0.15) is 11.9 Å². The number of anilines is 1. The second-order valence-electron chi connectivity index (χ2n) is 5.17. The molecule has 1 heterocycles. The highest BCUT2D eigenvalue weighted by Gasteiger charge is 2.31. The van der Waals surface area contributed by atoms with Gasteiger partial charge in [0, 0.05) is 18.3 Å². The molecular formula is C15H21N3. The van der Waals surface area contributed by atoms with Gasteiger partial charge in [0.05, 0.1) is 5.56 Å². The van der Waals surface area contributed by atoms with Gasteiger partial charge in [-0.1, -0.05) is 13.3 Å². The lowest BCUT2D eigenvalue weighted by molar-refractivity contribution is 0.702. The second kappa shape index (κ2) is 5.39. The number of rotatable bonds is 5. The zero-order valence-electron chi connectivity index (χ0n) is 11.5. The predicted molar refractivity (Wildman–Crippen MR) is 73.7 cm³/mol. The smallest absolute Gasteiger partial charge is 0.147 e. The molecule has 96 valence electrons. The van der Waals surface area contributed by atoms with Crippen LogP contribution in [0.2, 0.25) is 0 Å². The Hall–Kier alpha value is -1.56. The lowest BCUT2D eigenvalue weighted by Crippen LogP contribution is -2.29. The first-order chi connectivity index (χ1) is 8.67. The summed E-state index contributed by atoms with van der Waals surface area (Å²) < 4.78 is 0. The maximum Gasteiger partial charge on any atom is 0.147 e. The highest BCUT2D eigenvalue weighted by Crippen LogP contribution is 2.33. The van der Waals surface area contributed by atoms with Crippen molar-refractivity contribution in [3.8, 4) is 6.07 Å². The zero-order valence-corrected chi connectivity index (χ0v) is 11.5. The number of unbranched alkanes of at least 4 members (excludes halogenated alkanes) is 1. The van der Waals surface area contributed by atoms with E-state index in [4.69, 9.17) is 0 Å². The SMILES string of the molecule is CCCCN(c1nc(C)cc(C)c1C#N)C1CC1. The number of aryl methyl sites for hydroxylation is 2. The molecule has 1 aromatic heterocycles. The summed E-state index contributed by atoms with van der Waals surface area (Å²) in [6, 6.07) is 4.93. The average Bonchev–Trinajstić information content (AvgIpc) is 3.13. The van der Waals surface area contributed by atoms with Gasteiger partial charge < -0.3 is 4.90 Å². The predicted octanol–water partition coefficient (Wildman–Crippen LogP) is 3.34. The topological polar surface area (TPSA) is 39.9 Å². The second-order valence-corrected chi connectivity index (χ2v) is 5.17. The van der Waals surface area contributed by atoms with Crippen LogP contribution in [0.15, 0.2) is 6.07 Å². The Morgan fingerprint density at radius 3 is 2.72 bits per heavy atom. The molecule has 1 aliphatic carbocycles. The average molecular weight is 243 g/mol. The summed E-state index contributed by atoms with van der Waals surface area (Å²) in [7, 11) is 0. The van der Waals surface area contributed by atoms with Gasteiger partial charge in [-0.3, -0.25) is 0 Å². The van der Waals surface area contributed by atoms with Crippen molar-refractivity contribution in [2.24, 2.45) is 0 Å². The third-order valence-electron chi connectivity index (χ3n) is 3.45. The Balaban J connectivity index is 2.37. The molecule has 18 heavy (non-hydrogen) atoms. The van der Waals surface area contributed by atoms with Crippen LogP contribution in [0.25, 0.3) is 0 Å². The van der Waals surface area contributed by atoms with Gasteiger partial charge in [0.2, 0.25) is 0 Å². The molecule has 0 aliphatic heterocycles. The van der Waals surface area contributed by atoms with Crippen LogP contribution in [0.1, 0.15) is 49.4 Å². The standard InChI is InChI=1S/C15H21N3/c1-4-5-8-18(13-6-7-13)15-14(10-16)11(2)9-12(3)17-15/h9,13H,4-8H2,1-3H3. The molecule has 0 aromatic carbocycles. The number of nitrogens with zero attached hydrogens (tertiary/aromatic N) is 3. The van der Waals surface area contributed by atoms with E-state index < -0.39 is 0 Å². The van der Waals surface area contributed by atoms with E-state index in [9.17, 15) is 5.26 Å². The highest BCUT2D eigenvalue weighted by molar-refractivity contribution is 5.59. The highest BCUT2D eigenvalue weighted by atomic mass is 15.2. The fourth-order valence-electron chi connectivity index (χ4n) is 2.34. The van der Waals surface area contributed by atoms with Gasteiger partial charge in [0.15, 0.2) is 0 Å². The van der Waals surface area contributed by atoms with E-state index in [0.29, 0.717) is 6.04 Å². The summed E-state index contributed by atoms with van der Waals surface area (Å²) in [6.07, 6.45) is 4.82. The number of aromatic nitrogens is 1. The van der Waals surface area contributed by atoms with Crippen molar-refractivity contribution in [2.45, 2.75) is 52.5 Å². The molecule has 1 fully saturated rings. The first kappa shape index (κ1) is 12.9. The Morgan fingerprint density at radius 1 is 1.44 bits per heavy atom. The first-order valence-corrected chi connectivity index (χ1v) is 6.82. The Kier molecular flexibility index (Phi) is 3.86. The maximum atomic E-state index is 9.35. The van der Waals surface area contributed by atoms with Gasteiger partial charge >= 0.3 is 0 Å². The third-order valence-corrected chi connectivity index (χ3v) is 3.45. The molecule has 0 spiro atoms. The van der Waals surface area contributed by atoms with Crippen molar-refractivity contribution < 1.29 is 0 Å². The molecule has 1 aromatic rings. The fourth-order valence-corrected chi connectivity index (χ4v) is 2.34. The summed E-state index contributed by atoms with van der Waals surface area (Å²) in [6.45, 7) is 7.22. The monoisotopic (exact) mass is 243 g/mol. The molecule has 0 unspecified atom stereocenters. The molecule has 2 rings (SSSR count). The van der Waals surface area contributed by atoms with E-state index in [1.165, 1.54) is 19.3 Å². The van der Waals surface area contributed by atoms with Crippen LogP contribution in [0, 0.1) is 25.2 Å². The van der Waals surface area contributed by atoms with Crippen LogP contribution in [0.4, 0.5) is 5.82 Å². The van der Waals surface area contributed by atoms with Crippen LogP contribution in [-0.2, 0) is 0 Å². The van der Waals surface area contributed by atoms with Crippen molar-refractivity contribution in [1.29, 1.82) is 5.26 Å². The van der Waals surface area contributed by atoms with Gasteiger partial charge in [-0.2, -0.15) is 5.26 Å². The van der Waals surface area contributed by atoms with Gasteiger partial charge in [-0.25, -0.2) is 4.98 Å². The van der Waals surface area contributed by atoms with Crippen molar-refractivity contribution in [3.05, 3.63) is 22.9 Å². The summed E-state index contributed by atoms with van der Waals surface area (Å²) >= 11 is 0. The fraction of sp³-hybridized carbons (Fsp3) is 0.600. The first-order valence-electron chi connectivity index (χ1n) is 6.82. The minimum Gasteiger partial charge on any atom is -0.353 e. The molecule has 0 N–H and O–H groups in total. The normalized spacial score (nSPS) is 14.3. The summed E-state index contributed by atoms with van der Waals surface area (Å²) in [4.78, 5) is 6.97. The Labute approximate surface area is 109 Å². The number of hydrogen-bond acceptors (Lipinski definition) is 3. The van der Waals surface area contributed by atoms with Crippen LogP contribution in [0.5, 0.6) is 0 Å². The lowest BCUT2D eigenvalue weighted by Gasteiger charge is -2.25. The number of hydrogen-bond donors (Lipinski definition) is 0. The minimum absolute atomic E-state index is 0.609. The van der Waals surface area contributed by atoms with Crippen LogP contribution in [-0.4, -0.2) is 17.6 Å². The molecule has 0 amide bonds. The molecule has 0 radical (unpaired) electrons. The molecule has 3 nitrogen and oxygen atoms in total. The zero-order chi connectivity index (χ0) is 13.1. The van der Waals surface area contributed by atoms with Crippen LogP contribution < -0.4 is 4.90 Å². The summed E-state index contributed by atoms with van der Waals surface area (Å²) in [5.74, 6) is 0.908. The molecular weight excluding hydrogens is 222 g/mol. The van der Waals surface area contributed by atoms with E-state index in [0.717, 1.165) is 35.6 Å². The summed E-state index contributed by atoms with van der Waals surface area (Å²) in [5, 5.41) is 9.35. The van der Waals surface area contributed by atoms with Gasteiger partial charge in [-0.15, -0.1) is 0 Å². The largest absolute Gasteiger partial charge is 0.353 e. The summed E-state index contributed by atoms with van der Waals surface area (Å²) in [5.41, 5.74) is 2.80.